The van der Waals surface area contributed by atoms with E-state index in [-0.39, 0.29) is 16.7 Å². The van der Waals surface area contributed by atoms with E-state index >= 15 is 0 Å². The van der Waals surface area contributed by atoms with E-state index in [2.05, 4.69) is 10.3 Å². The largest absolute Gasteiger partial charge is 0.302 e. The number of nitrogens with one attached hydrogen (secondary N) is 1. The van der Waals surface area contributed by atoms with Crippen LogP contribution < -0.4 is 5.32 Å². The molecule has 2 aromatic carbocycles. The van der Waals surface area contributed by atoms with Crippen molar-refractivity contribution in [3.63, 3.8) is 0 Å². The minimum atomic E-state index is -3.55. The van der Waals surface area contributed by atoms with E-state index in [0.29, 0.717) is 36.1 Å². The molecule has 3 aromatic rings. The van der Waals surface area contributed by atoms with E-state index in [4.69, 9.17) is 11.6 Å². The van der Waals surface area contributed by atoms with Gasteiger partial charge in [-0.15, -0.1) is 11.8 Å². The van der Waals surface area contributed by atoms with Crippen LogP contribution in [-0.2, 0) is 14.8 Å². The molecule has 1 fully saturated rings. The van der Waals surface area contributed by atoms with Crippen LogP contribution in [0, 0.1) is 12.8 Å². The third-order valence-electron chi connectivity index (χ3n) is 5.40. The Morgan fingerprint density at radius 3 is 2.55 bits per heavy atom. The van der Waals surface area contributed by atoms with Crippen molar-refractivity contribution in [3.8, 4) is 0 Å². The van der Waals surface area contributed by atoms with Crippen LogP contribution in [0.3, 0.4) is 0 Å². The molecule has 1 amide bonds. The first-order valence-corrected chi connectivity index (χ1v) is 13.7. The molecule has 0 spiro atoms. The van der Waals surface area contributed by atoms with Crippen LogP contribution in [0.2, 0.25) is 5.02 Å². The van der Waals surface area contributed by atoms with Gasteiger partial charge in [0.1, 0.15) is 0 Å². The van der Waals surface area contributed by atoms with Crippen molar-refractivity contribution in [2.75, 3.05) is 24.7 Å². The number of aryl methyl sites for hydroxylation is 1. The second-order valence-electron chi connectivity index (χ2n) is 7.43. The van der Waals surface area contributed by atoms with Gasteiger partial charge in [-0.1, -0.05) is 22.9 Å². The quantitative estimate of drug-likeness (QED) is 0.503. The Balaban J connectivity index is 1.40. The summed E-state index contributed by atoms with van der Waals surface area (Å²) in [5.41, 5.74) is 1.79. The van der Waals surface area contributed by atoms with Gasteiger partial charge in [0, 0.05) is 28.9 Å². The maximum Gasteiger partial charge on any atom is 0.243 e. The minimum Gasteiger partial charge on any atom is -0.302 e. The van der Waals surface area contributed by atoms with Crippen molar-refractivity contribution in [3.05, 3.63) is 47.0 Å². The average molecular weight is 496 g/mol. The first-order valence-electron chi connectivity index (χ1n) is 9.79. The number of rotatable bonds is 5. The van der Waals surface area contributed by atoms with Crippen LogP contribution in [0.15, 0.2) is 46.2 Å². The van der Waals surface area contributed by atoms with E-state index in [9.17, 15) is 13.2 Å². The lowest BCUT2D eigenvalue weighted by molar-refractivity contribution is -0.120. The Bertz CT molecular complexity index is 1220. The van der Waals surface area contributed by atoms with E-state index in [1.807, 2.05) is 37.4 Å². The summed E-state index contributed by atoms with van der Waals surface area (Å²) in [5, 5.41) is 4.08. The number of thioether (sulfide) groups is 1. The molecule has 31 heavy (non-hydrogen) atoms. The number of sulfonamides is 1. The van der Waals surface area contributed by atoms with Gasteiger partial charge in [0.05, 0.1) is 15.1 Å². The summed E-state index contributed by atoms with van der Waals surface area (Å²) < 4.78 is 28.2. The number of nitrogens with zero attached hydrogens (tertiary/aromatic N) is 2. The van der Waals surface area contributed by atoms with Gasteiger partial charge < -0.3 is 5.32 Å². The van der Waals surface area contributed by atoms with Gasteiger partial charge >= 0.3 is 0 Å². The number of carbonyl (C=O) groups is 1. The molecule has 0 bridgehead atoms. The fourth-order valence-corrected chi connectivity index (χ4v) is 6.87. The lowest BCUT2D eigenvalue weighted by Gasteiger charge is -2.30. The van der Waals surface area contributed by atoms with E-state index < -0.39 is 10.0 Å². The standard InChI is InChI=1S/C21H22ClN3O3S3/c1-13-11-15(22)12-18-19(13)23-21(30-18)24-20(26)14-7-9-25(10-8-14)31(27,28)17-5-3-16(29-2)4-6-17/h3-6,11-12,14H,7-10H2,1-2H3,(H,23,24,26). The van der Waals surface area contributed by atoms with Crippen LogP contribution in [0.4, 0.5) is 5.13 Å². The minimum absolute atomic E-state index is 0.121. The lowest BCUT2D eigenvalue weighted by atomic mass is 9.97. The number of halogens is 1. The van der Waals surface area contributed by atoms with Crippen molar-refractivity contribution in [1.82, 2.24) is 9.29 Å². The number of piperidine rings is 1. The maximum absolute atomic E-state index is 12.9. The van der Waals surface area contributed by atoms with Crippen LogP contribution in [0.5, 0.6) is 0 Å². The van der Waals surface area contributed by atoms with Gasteiger partial charge in [0.2, 0.25) is 15.9 Å². The van der Waals surface area contributed by atoms with Gasteiger partial charge in [-0.2, -0.15) is 4.31 Å². The highest BCUT2D eigenvalue weighted by atomic mass is 35.5. The SMILES string of the molecule is CSc1ccc(S(=O)(=O)N2CCC(C(=O)Nc3nc4c(C)cc(Cl)cc4s3)CC2)cc1. The molecule has 10 heteroatoms. The molecule has 0 saturated carbocycles. The van der Waals surface area contributed by atoms with Crippen LogP contribution >= 0.6 is 34.7 Å². The summed E-state index contributed by atoms with van der Waals surface area (Å²) >= 11 is 9.06. The van der Waals surface area contributed by atoms with Crippen molar-refractivity contribution in [1.29, 1.82) is 0 Å². The summed E-state index contributed by atoms with van der Waals surface area (Å²) in [5.74, 6) is -0.369. The number of fused-ring (bicyclic) bond motifs is 1. The second kappa shape index (κ2) is 9.07. The molecule has 1 aliphatic heterocycles. The number of hydrogen-bond acceptors (Lipinski definition) is 6. The molecule has 0 atom stereocenters. The number of hydrogen-bond donors (Lipinski definition) is 1. The Hall–Kier alpha value is -1.65. The van der Waals surface area contributed by atoms with Gasteiger partial charge in [-0.3, -0.25) is 4.79 Å². The molecule has 1 saturated heterocycles. The normalized spacial score (nSPS) is 16.0. The van der Waals surface area contributed by atoms with Crippen LogP contribution in [0.1, 0.15) is 18.4 Å². The predicted octanol–water partition coefficient (Wildman–Crippen LogP) is 5.02. The molecule has 0 aliphatic carbocycles. The molecule has 1 aliphatic rings. The number of carbonyl (C=O) groups excluding carboxylic acids is 1. The topological polar surface area (TPSA) is 79.4 Å². The molecule has 0 radical (unpaired) electrons. The Kier molecular flexibility index (Phi) is 6.60. The van der Waals surface area contributed by atoms with E-state index in [1.165, 1.54) is 15.6 Å². The highest BCUT2D eigenvalue weighted by Gasteiger charge is 2.32. The second-order valence-corrected chi connectivity index (χ2v) is 11.7. The number of benzene rings is 2. The molecular formula is C21H22ClN3O3S3. The van der Waals surface area contributed by atoms with Crippen LogP contribution in [-0.4, -0.2) is 43.0 Å². The number of anilines is 1. The monoisotopic (exact) mass is 495 g/mol. The van der Waals surface area contributed by atoms with Crippen molar-refractivity contribution in [2.45, 2.75) is 29.6 Å². The lowest BCUT2D eigenvalue weighted by Crippen LogP contribution is -2.41. The third-order valence-corrected chi connectivity index (χ3v) is 9.19. The van der Waals surface area contributed by atoms with Crippen molar-refractivity contribution < 1.29 is 13.2 Å². The Morgan fingerprint density at radius 1 is 1.23 bits per heavy atom. The summed E-state index contributed by atoms with van der Waals surface area (Å²) in [7, 11) is -3.55. The zero-order valence-electron chi connectivity index (χ0n) is 17.1. The Morgan fingerprint density at radius 2 is 1.90 bits per heavy atom. The number of amides is 1. The van der Waals surface area contributed by atoms with E-state index in [0.717, 1.165) is 20.7 Å². The van der Waals surface area contributed by atoms with E-state index in [1.54, 1.807) is 23.9 Å². The zero-order valence-corrected chi connectivity index (χ0v) is 20.3. The van der Waals surface area contributed by atoms with Gasteiger partial charge in [0.25, 0.3) is 0 Å². The summed E-state index contributed by atoms with van der Waals surface area (Å²) in [6, 6.07) is 10.6. The summed E-state index contributed by atoms with van der Waals surface area (Å²) in [6.07, 6.45) is 2.90. The Labute approximate surface area is 195 Å². The third kappa shape index (κ3) is 4.75. The fourth-order valence-electron chi connectivity index (χ4n) is 3.67. The first-order chi connectivity index (χ1) is 14.8. The molecule has 2 heterocycles. The highest BCUT2D eigenvalue weighted by Crippen LogP contribution is 2.32. The first kappa shape index (κ1) is 22.5. The van der Waals surface area contributed by atoms with Crippen molar-refractivity contribution in [2.24, 2.45) is 5.92 Å². The zero-order chi connectivity index (χ0) is 22.2. The maximum atomic E-state index is 12.9. The van der Waals surface area contributed by atoms with Gasteiger partial charge in [0.15, 0.2) is 5.13 Å². The highest BCUT2D eigenvalue weighted by molar-refractivity contribution is 7.98. The molecule has 164 valence electrons. The number of thiazole rings is 1. The van der Waals surface area contributed by atoms with Gasteiger partial charge in [-0.05, 0) is 68.0 Å². The molecule has 6 nitrogen and oxygen atoms in total. The fraction of sp³-hybridized carbons (Fsp3) is 0.333. The molecular weight excluding hydrogens is 474 g/mol. The average Bonchev–Trinajstić information content (AvgIpc) is 3.16. The van der Waals surface area contributed by atoms with Crippen LogP contribution in [0.25, 0.3) is 10.2 Å². The smallest absolute Gasteiger partial charge is 0.243 e. The summed E-state index contributed by atoms with van der Waals surface area (Å²) in [6.45, 7) is 2.57. The van der Waals surface area contributed by atoms with Crippen molar-refractivity contribution >= 4 is 66.0 Å². The molecule has 1 N–H and O–H groups in total. The molecule has 0 unspecified atom stereocenters. The molecule has 4 rings (SSSR count). The molecule has 1 aromatic heterocycles. The summed E-state index contributed by atoms with van der Waals surface area (Å²) in [4.78, 5) is 18.6. The predicted molar refractivity (Wildman–Crippen MR) is 128 cm³/mol. The number of aromatic nitrogens is 1. The van der Waals surface area contributed by atoms with Gasteiger partial charge in [-0.25, -0.2) is 13.4 Å².